The molecule has 0 aromatic rings. The number of allylic oxidation sites excluding steroid dienone is 1. The molecule has 0 aliphatic carbocycles. The molecule has 13 heavy (non-hydrogen) atoms. The van der Waals surface area contributed by atoms with Gasteiger partial charge in [0.1, 0.15) is 6.61 Å². The van der Waals surface area contributed by atoms with Gasteiger partial charge in [0.25, 0.3) is 0 Å². The van der Waals surface area contributed by atoms with Crippen LogP contribution in [0.1, 0.15) is 0 Å². The fourth-order valence-electron chi connectivity index (χ4n) is 0.335. The van der Waals surface area contributed by atoms with Crippen molar-refractivity contribution in [3.8, 4) is 0 Å². The van der Waals surface area contributed by atoms with Crippen LogP contribution in [0.15, 0.2) is 12.2 Å². The third-order valence-corrected chi connectivity index (χ3v) is 1.18. The van der Waals surface area contributed by atoms with E-state index in [1.54, 1.807) is 0 Å². The zero-order valence-electron chi connectivity index (χ0n) is 6.10. The van der Waals surface area contributed by atoms with Crippen molar-refractivity contribution in [2.75, 3.05) is 6.61 Å². The summed E-state index contributed by atoms with van der Waals surface area (Å²) in [5.41, 5.74) is 0. The molecule has 0 aromatic heterocycles. The number of esters is 1. The van der Waals surface area contributed by atoms with Crippen LogP contribution < -0.4 is 0 Å². The molecule has 0 unspecified atom stereocenters. The van der Waals surface area contributed by atoms with E-state index in [-0.39, 0.29) is 0 Å². The maximum atomic E-state index is 10.7. The molecule has 0 bridgehead atoms. The number of alkyl halides is 3. The number of hydrogen-bond donors (Lipinski definition) is 0. The molecule has 0 amide bonds. The Morgan fingerprint density at radius 1 is 1.23 bits per heavy atom. The van der Waals surface area contributed by atoms with Gasteiger partial charge in [-0.2, -0.15) is 0 Å². The van der Waals surface area contributed by atoms with Gasteiger partial charge in [0, 0.05) is 12.2 Å². The monoisotopic (exact) mass is 264 g/mol. The van der Waals surface area contributed by atoms with E-state index in [2.05, 4.69) is 4.74 Å². The molecule has 0 aliphatic heterocycles. The Hall–Kier alpha value is 0.0400. The minimum absolute atomic E-state index is 0.392. The summed E-state index contributed by atoms with van der Waals surface area (Å²) in [4.78, 5) is 20.8. The standard InChI is InChI=1S/C6H4Cl4O3/c7-4(11)1-2-5(12)13-3-6(8,9)10/h1-2H,3H2/b2-1-. The fraction of sp³-hybridized carbons (Fsp3) is 0.333. The summed E-state index contributed by atoms with van der Waals surface area (Å²) < 4.78 is 2.77. The summed E-state index contributed by atoms with van der Waals surface area (Å²) in [5.74, 6) is -0.805. The predicted molar refractivity (Wildman–Crippen MR) is 51.2 cm³/mol. The van der Waals surface area contributed by atoms with Crippen LogP contribution in [0, 0.1) is 0 Å². The van der Waals surface area contributed by atoms with E-state index in [4.69, 9.17) is 46.4 Å². The van der Waals surface area contributed by atoms with Crippen LogP contribution in [0.2, 0.25) is 0 Å². The van der Waals surface area contributed by atoms with Crippen molar-refractivity contribution in [3.63, 3.8) is 0 Å². The normalized spacial score (nSPS) is 11.7. The zero-order chi connectivity index (χ0) is 10.5. The summed E-state index contributed by atoms with van der Waals surface area (Å²) in [6, 6.07) is 0. The molecule has 3 nitrogen and oxygen atoms in total. The van der Waals surface area contributed by atoms with Gasteiger partial charge in [-0.3, -0.25) is 4.79 Å². The topological polar surface area (TPSA) is 43.4 Å². The van der Waals surface area contributed by atoms with Crippen molar-refractivity contribution >= 4 is 57.6 Å². The van der Waals surface area contributed by atoms with Crippen LogP contribution in [0.3, 0.4) is 0 Å². The molecular formula is C6H4Cl4O3. The minimum Gasteiger partial charge on any atom is -0.458 e. The summed E-state index contributed by atoms with van der Waals surface area (Å²) in [6.07, 6.45) is 1.67. The summed E-state index contributed by atoms with van der Waals surface area (Å²) in [6.45, 7) is -0.392. The first kappa shape index (κ1) is 13.0. The van der Waals surface area contributed by atoms with Gasteiger partial charge in [-0.05, 0) is 11.6 Å². The number of halogens is 4. The Bertz CT molecular complexity index is 231. The lowest BCUT2D eigenvalue weighted by Crippen LogP contribution is -2.15. The van der Waals surface area contributed by atoms with E-state index < -0.39 is 21.6 Å². The third-order valence-electron chi connectivity index (χ3n) is 0.729. The average Bonchev–Trinajstić information content (AvgIpc) is 1.95. The molecule has 0 radical (unpaired) electrons. The molecule has 0 saturated heterocycles. The molecular weight excluding hydrogens is 262 g/mol. The van der Waals surface area contributed by atoms with E-state index in [1.165, 1.54) is 0 Å². The smallest absolute Gasteiger partial charge is 0.331 e. The van der Waals surface area contributed by atoms with Crippen molar-refractivity contribution in [2.45, 2.75) is 3.79 Å². The van der Waals surface area contributed by atoms with Gasteiger partial charge in [-0.1, -0.05) is 34.8 Å². The number of carbonyl (C=O) groups is 2. The van der Waals surface area contributed by atoms with E-state index in [0.29, 0.717) is 0 Å². The number of ether oxygens (including phenoxy) is 1. The van der Waals surface area contributed by atoms with Gasteiger partial charge in [-0.25, -0.2) is 4.79 Å². The highest BCUT2D eigenvalue weighted by Gasteiger charge is 2.21. The second-order valence-electron chi connectivity index (χ2n) is 1.86. The lowest BCUT2D eigenvalue weighted by Gasteiger charge is -2.09. The van der Waals surface area contributed by atoms with Crippen molar-refractivity contribution in [1.82, 2.24) is 0 Å². The number of hydrogen-bond acceptors (Lipinski definition) is 3. The van der Waals surface area contributed by atoms with Gasteiger partial charge < -0.3 is 4.74 Å². The maximum Gasteiger partial charge on any atom is 0.331 e. The average molecular weight is 266 g/mol. The number of carbonyl (C=O) groups excluding carboxylic acids is 2. The lowest BCUT2D eigenvalue weighted by atomic mass is 10.5. The highest BCUT2D eigenvalue weighted by Crippen LogP contribution is 2.25. The van der Waals surface area contributed by atoms with Crippen LogP contribution in [0.5, 0.6) is 0 Å². The van der Waals surface area contributed by atoms with Crippen molar-refractivity contribution in [1.29, 1.82) is 0 Å². The first-order valence-electron chi connectivity index (χ1n) is 2.92. The molecule has 0 saturated carbocycles. The molecule has 0 N–H and O–H groups in total. The fourth-order valence-corrected chi connectivity index (χ4v) is 0.561. The molecule has 0 heterocycles. The van der Waals surface area contributed by atoms with Crippen molar-refractivity contribution in [2.24, 2.45) is 0 Å². The second-order valence-corrected chi connectivity index (χ2v) is 4.75. The van der Waals surface area contributed by atoms with E-state index in [9.17, 15) is 9.59 Å². The van der Waals surface area contributed by atoms with Crippen LogP contribution in [-0.4, -0.2) is 21.6 Å². The van der Waals surface area contributed by atoms with Gasteiger partial charge >= 0.3 is 5.97 Å². The van der Waals surface area contributed by atoms with Crippen molar-refractivity contribution in [3.05, 3.63) is 12.2 Å². The van der Waals surface area contributed by atoms with E-state index in [1.807, 2.05) is 0 Å². The Balaban J connectivity index is 3.83. The summed E-state index contributed by atoms with van der Waals surface area (Å²) in [7, 11) is 0. The largest absolute Gasteiger partial charge is 0.458 e. The maximum absolute atomic E-state index is 10.7. The predicted octanol–water partition coefficient (Wildman–Crippen LogP) is 2.22. The lowest BCUT2D eigenvalue weighted by molar-refractivity contribution is -0.137. The van der Waals surface area contributed by atoms with Crippen LogP contribution in [-0.2, 0) is 14.3 Å². The first-order valence-corrected chi connectivity index (χ1v) is 4.43. The molecule has 0 fully saturated rings. The van der Waals surface area contributed by atoms with E-state index in [0.717, 1.165) is 12.2 Å². The van der Waals surface area contributed by atoms with Gasteiger partial charge in [-0.15, -0.1) is 0 Å². The summed E-state index contributed by atoms with van der Waals surface area (Å²) in [5, 5.41) is -0.786. The molecule has 0 aliphatic rings. The summed E-state index contributed by atoms with van der Waals surface area (Å²) >= 11 is 20.7. The van der Waals surface area contributed by atoms with Gasteiger partial charge in [0.05, 0.1) is 0 Å². The number of rotatable bonds is 3. The Morgan fingerprint density at radius 3 is 2.15 bits per heavy atom. The van der Waals surface area contributed by atoms with Crippen LogP contribution in [0.25, 0.3) is 0 Å². The van der Waals surface area contributed by atoms with Gasteiger partial charge in [0.15, 0.2) is 0 Å². The van der Waals surface area contributed by atoms with Crippen LogP contribution >= 0.6 is 46.4 Å². The second kappa shape index (κ2) is 5.70. The molecule has 0 spiro atoms. The molecule has 0 aromatic carbocycles. The highest BCUT2D eigenvalue weighted by molar-refractivity contribution is 6.67. The SMILES string of the molecule is O=C(Cl)/C=C\C(=O)OCC(Cl)(Cl)Cl. The third kappa shape index (κ3) is 9.96. The Morgan fingerprint density at radius 2 is 1.77 bits per heavy atom. The zero-order valence-corrected chi connectivity index (χ0v) is 9.12. The Labute approximate surface area is 94.5 Å². The van der Waals surface area contributed by atoms with E-state index >= 15 is 0 Å². The van der Waals surface area contributed by atoms with Gasteiger partial charge in [0.2, 0.25) is 9.03 Å². The first-order chi connectivity index (χ1) is 5.81. The molecule has 0 rings (SSSR count). The Kier molecular flexibility index (Phi) is 5.72. The van der Waals surface area contributed by atoms with Crippen LogP contribution in [0.4, 0.5) is 0 Å². The molecule has 74 valence electrons. The van der Waals surface area contributed by atoms with Crippen molar-refractivity contribution < 1.29 is 14.3 Å². The molecule has 0 atom stereocenters. The quantitative estimate of drug-likeness (QED) is 0.340. The highest BCUT2D eigenvalue weighted by atomic mass is 35.6. The molecule has 7 heteroatoms. The minimum atomic E-state index is -1.66.